The number of imide groups is 1. The molecule has 9 heteroatoms. The highest BCUT2D eigenvalue weighted by Gasteiger charge is 2.59. The van der Waals surface area contributed by atoms with Crippen molar-refractivity contribution in [3.05, 3.63) is 0 Å². The van der Waals surface area contributed by atoms with Crippen molar-refractivity contribution in [3.63, 3.8) is 0 Å². The summed E-state index contributed by atoms with van der Waals surface area (Å²) in [6.45, 7) is 22.1. The minimum atomic E-state index is -2.36. The molecule has 0 radical (unpaired) electrons. The molecule has 1 aliphatic heterocycles. The van der Waals surface area contributed by atoms with Crippen LogP contribution in [-0.2, 0) is 18.4 Å². The normalized spacial score (nSPS) is 32.9. The Bertz CT molecular complexity index is 712. The molecule has 2 bridgehead atoms. The summed E-state index contributed by atoms with van der Waals surface area (Å²) in [5.41, 5.74) is 0. The summed E-state index contributed by atoms with van der Waals surface area (Å²) in [6.07, 6.45) is -3.92. The summed E-state index contributed by atoms with van der Waals surface area (Å²) in [5, 5.41) is 22.2. The number of hydrogen-bond acceptors (Lipinski definition) is 6. The number of carbonyl (C=O) groups excluding carboxylic acids is 2. The van der Waals surface area contributed by atoms with Gasteiger partial charge in [-0.1, -0.05) is 41.5 Å². The standard InChI is InChI=1S/C22H43NO6Si2/c1-13(24)23-15-12-14(20(23)27)18(28-30(8,9)21(2,3)4)16(25)17(26)19(15)29-31(10,11)22(5,6)7/h14-19,25-26H,12H2,1-11H3/t14-,15+,16-,17-,18-,19-/m0/s1. The van der Waals surface area contributed by atoms with Gasteiger partial charge in [0, 0.05) is 6.92 Å². The highest BCUT2D eigenvalue weighted by molar-refractivity contribution is 6.74. The van der Waals surface area contributed by atoms with Gasteiger partial charge in [0.05, 0.1) is 24.2 Å². The van der Waals surface area contributed by atoms with Gasteiger partial charge < -0.3 is 19.1 Å². The molecule has 0 aromatic rings. The molecule has 1 saturated heterocycles. The van der Waals surface area contributed by atoms with Crippen LogP contribution in [0, 0.1) is 5.92 Å². The quantitative estimate of drug-likeness (QED) is 0.608. The molecular weight excluding hydrogens is 430 g/mol. The molecule has 2 aliphatic rings. The van der Waals surface area contributed by atoms with Crippen LogP contribution < -0.4 is 0 Å². The first kappa shape index (κ1) is 26.7. The molecule has 2 rings (SSSR count). The molecule has 0 aromatic heterocycles. The molecule has 1 saturated carbocycles. The lowest BCUT2D eigenvalue weighted by molar-refractivity contribution is -0.159. The second kappa shape index (κ2) is 8.32. The third-order valence-corrected chi connectivity index (χ3v) is 16.9. The summed E-state index contributed by atoms with van der Waals surface area (Å²) < 4.78 is 13.1. The van der Waals surface area contributed by atoms with E-state index in [0.717, 1.165) is 0 Å². The van der Waals surface area contributed by atoms with Gasteiger partial charge in [-0.25, -0.2) is 0 Å². The van der Waals surface area contributed by atoms with Crippen LogP contribution in [-0.4, -0.2) is 74.0 Å². The fourth-order valence-corrected chi connectivity index (χ4v) is 6.61. The highest BCUT2D eigenvalue weighted by atomic mass is 28.4. The van der Waals surface area contributed by atoms with Crippen LogP contribution in [0.25, 0.3) is 0 Å². The van der Waals surface area contributed by atoms with Gasteiger partial charge in [-0.2, -0.15) is 0 Å². The Kier molecular flexibility index (Phi) is 7.16. The van der Waals surface area contributed by atoms with Gasteiger partial charge >= 0.3 is 0 Å². The lowest BCUT2D eigenvalue weighted by Gasteiger charge is -2.46. The van der Waals surface area contributed by atoms with Gasteiger partial charge in [0.15, 0.2) is 16.6 Å². The maximum absolute atomic E-state index is 13.3. The van der Waals surface area contributed by atoms with Gasteiger partial charge in [0.2, 0.25) is 11.8 Å². The molecule has 2 N–H and O–H groups in total. The number of rotatable bonds is 4. The zero-order chi connectivity index (χ0) is 24.3. The first-order valence-corrected chi connectivity index (χ1v) is 17.1. The van der Waals surface area contributed by atoms with Crippen molar-refractivity contribution < 1.29 is 28.7 Å². The number of carbonyl (C=O) groups is 2. The van der Waals surface area contributed by atoms with Crippen LogP contribution in [0.5, 0.6) is 0 Å². The van der Waals surface area contributed by atoms with Crippen molar-refractivity contribution in [1.29, 1.82) is 0 Å². The average Bonchev–Trinajstić information content (AvgIpc) is 2.87. The SMILES string of the molecule is CC(=O)N1C(=O)[C@H]2C[C@@H]1[C@H](O[Si](C)(C)C(C)(C)C)[C@@H](O)[C@H](O)[C@H]2O[Si](C)(C)C(C)(C)C. The molecule has 180 valence electrons. The maximum atomic E-state index is 13.3. The summed E-state index contributed by atoms with van der Waals surface area (Å²) in [5.74, 6) is -1.38. The molecule has 2 amide bonds. The number of nitrogens with zero attached hydrogens (tertiary/aromatic N) is 1. The third kappa shape index (κ3) is 4.86. The first-order chi connectivity index (χ1) is 13.7. The molecule has 2 fully saturated rings. The van der Waals surface area contributed by atoms with E-state index in [-0.39, 0.29) is 21.9 Å². The van der Waals surface area contributed by atoms with Crippen LogP contribution in [0.1, 0.15) is 54.9 Å². The fraction of sp³-hybridized carbons (Fsp3) is 0.909. The van der Waals surface area contributed by atoms with Crippen molar-refractivity contribution >= 4 is 28.4 Å². The van der Waals surface area contributed by atoms with Crippen LogP contribution in [0.2, 0.25) is 36.3 Å². The molecular formula is C22H43NO6Si2. The zero-order valence-corrected chi connectivity index (χ0v) is 23.1. The monoisotopic (exact) mass is 473 g/mol. The Morgan fingerprint density at radius 1 is 0.903 bits per heavy atom. The van der Waals surface area contributed by atoms with Crippen LogP contribution in [0.4, 0.5) is 0 Å². The van der Waals surface area contributed by atoms with Crippen molar-refractivity contribution in [2.24, 2.45) is 5.92 Å². The number of likely N-dealkylation sites (tertiary alicyclic amines) is 1. The predicted molar refractivity (Wildman–Crippen MR) is 126 cm³/mol. The molecule has 6 atom stereocenters. The van der Waals surface area contributed by atoms with Gasteiger partial charge in [-0.3, -0.25) is 14.5 Å². The summed E-state index contributed by atoms with van der Waals surface area (Å²) in [7, 11) is -4.73. The second-order valence-corrected chi connectivity index (χ2v) is 21.8. The molecule has 0 aromatic carbocycles. The van der Waals surface area contributed by atoms with E-state index in [4.69, 9.17) is 8.85 Å². The number of fused-ring (bicyclic) bond motifs is 2. The minimum absolute atomic E-state index is 0.135. The number of aliphatic hydroxyl groups excluding tert-OH is 2. The van der Waals surface area contributed by atoms with Crippen LogP contribution in [0.15, 0.2) is 0 Å². The molecule has 31 heavy (non-hydrogen) atoms. The number of hydrogen-bond donors (Lipinski definition) is 2. The van der Waals surface area contributed by atoms with E-state index in [0.29, 0.717) is 6.42 Å². The molecule has 1 heterocycles. The average molecular weight is 474 g/mol. The fourth-order valence-electron chi connectivity index (χ4n) is 3.94. The molecule has 1 aliphatic carbocycles. The van der Waals surface area contributed by atoms with Crippen LogP contribution in [0.3, 0.4) is 0 Å². The van der Waals surface area contributed by atoms with E-state index in [2.05, 4.69) is 67.7 Å². The third-order valence-electron chi connectivity index (χ3n) is 7.99. The molecule has 0 unspecified atom stereocenters. The number of aliphatic hydroxyl groups is 2. The largest absolute Gasteiger partial charge is 0.410 e. The Morgan fingerprint density at radius 2 is 1.29 bits per heavy atom. The Morgan fingerprint density at radius 3 is 1.68 bits per heavy atom. The smallest absolute Gasteiger partial charge is 0.235 e. The van der Waals surface area contributed by atoms with Crippen molar-refractivity contribution in [3.8, 4) is 0 Å². The highest BCUT2D eigenvalue weighted by Crippen LogP contribution is 2.46. The summed E-state index contributed by atoms with van der Waals surface area (Å²) in [4.78, 5) is 27.0. The van der Waals surface area contributed by atoms with E-state index in [1.807, 2.05) is 0 Å². The first-order valence-electron chi connectivity index (χ1n) is 11.3. The van der Waals surface area contributed by atoms with Gasteiger partial charge in [0.1, 0.15) is 12.2 Å². The van der Waals surface area contributed by atoms with Crippen LogP contribution >= 0.6 is 0 Å². The van der Waals surface area contributed by atoms with Crippen molar-refractivity contribution in [1.82, 2.24) is 4.90 Å². The molecule has 0 spiro atoms. The number of amides is 2. The van der Waals surface area contributed by atoms with E-state index in [1.54, 1.807) is 0 Å². The molecule has 7 nitrogen and oxygen atoms in total. The minimum Gasteiger partial charge on any atom is -0.410 e. The predicted octanol–water partition coefficient (Wildman–Crippen LogP) is 3.27. The van der Waals surface area contributed by atoms with E-state index in [9.17, 15) is 19.8 Å². The summed E-state index contributed by atoms with van der Waals surface area (Å²) >= 11 is 0. The Labute approximate surface area is 189 Å². The zero-order valence-electron chi connectivity index (χ0n) is 21.1. The van der Waals surface area contributed by atoms with E-state index >= 15 is 0 Å². The van der Waals surface area contributed by atoms with E-state index < -0.39 is 53.0 Å². The topological polar surface area (TPSA) is 96.3 Å². The van der Waals surface area contributed by atoms with Gasteiger partial charge in [0.25, 0.3) is 0 Å². The Balaban J connectivity index is 2.52. The lowest BCUT2D eigenvalue weighted by Crippen LogP contribution is -2.61. The van der Waals surface area contributed by atoms with Crippen molar-refractivity contribution in [2.45, 2.75) is 122 Å². The second-order valence-electron chi connectivity index (χ2n) is 12.3. The van der Waals surface area contributed by atoms with E-state index in [1.165, 1.54) is 11.8 Å². The van der Waals surface area contributed by atoms with Gasteiger partial charge in [-0.05, 0) is 42.7 Å². The lowest BCUT2D eigenvalue weighted by atomic mass is 9.95. The Hall–Kier alpha value is -0.586. The van der Waals surface area contributed by atoms with Gasteiger partial charge in [-0.15, -0.1) is 0 Å². The van der Waals surface area contributed by atoms with Crippen molar-refractivity contribution in [2.75, 3.05) is 0 Å². The summed E-state index contributed by atoms with van der Waals surface area (Å²) in [6, 6.07) is -0.609. The maximum Gasteiger partial charge on any atom is 0.235 e.